The van der Waals surface area contributed by atoms with E-state index >= 15 is 0 Å². The Kier molecular flexibility index (Phi) is 6.08. The van der Waals surface area contributed by atoms with Gasteiger partial charge in [0, 0.05) is 6.21 Å². The van der Waals surface area contributed by atoms with Gasteiger partial charge < -0.3 is 0 Å². The topological polar surface area (TPSA) is 12.4 Å². The number of allylic oxidation sites excluding steroid dienone is 2. The van der Waals surface area contributed by atoms with Crippen molar-refractivity contribution in [3.05, 3.63) is 119 Å². The predicted octanol–water partition coefficient (Wildman–Crippen LogP) is 6.66. The molecule has 0 saturated carbocycles. The van der Waals surface area contributed by atoms with Crippen LogP contribution in [-0.2, 0) is 4.75 Å². The van der Waals surface area contributed by atoms with Gasteiger partial charge in [-0.25, -0.2) is 4.40 Å². The lowest BCUT2D eigenvalue weighted by molar-refractivity contribution is 0.896. The van der Waals surface area contributed by atoms with Crippen LogP contribution in [0.4, 0.5) is 0 Å². The Morgan fingerprint density at radius 2 is 1.08 bits per heavy atom. The molecule has 3 aromatic rings. The van der Waals surface area contributed by atoms with Crippen LogP contribution in [0.15, 0.2) is 107 Å². The minimum absolute atomic E-state index is 0.393. The van der Waals surface area contributed by atoms with Crippen molar-refractivity contribution in [3.8, 4) is 0 Å². The molecule has 0 aromatic heterocycles. The molecule has 0 bridgehead atoms. The Labute approximate surface area is 160 Å². The highest BCUT2D eigenvalue weighted by molar-refractivity contribution is 7.99. The van der Waals surface area contributed by atoms with Gasteiger partial charge >= 0.3 is 0 Å². The molecule has 0 aliphatic rings. The van der Waals surface area contributed by atoms with Crippen LogP contribution in [0.25, 0.3) is 0 Å². The Hall–Kier alpha value is -2.58. The lowest BCUT2D eigenvalue weighted by Gasteiger charge is -2.33. The van der Waals surface area contributed by atoms with E-state index in [9.17, 15) is 0 Å². The summed E-state index contributed by atoms with van der Waals surface area (Å²) in [5.41, 5.74) is 4.89. The SMILES string of the molecule is CC(C)=C/C=N/SC(c1ccccc1)(c1ccccc1)c1ccccc1. The average molecular weight is 358 g/mol. The van der Waals surface area contributed by atoms with Crippen molar-refractivity contribution in [3.63, 3.8) is 0 Å². The van der Waals surface area contributed by atoms with Crippen molar-refractivity contribution in [2.24, 2.45) is 4.40 Å². The fourth-order valence-corrected chi connectivity index (χ4v) is 3.97. The molecule has 0 N–H and O–H groups in total. The summed E-state index contributed by atoms with van der Waals surface area (Å²) in [4.78, 5) is 0. The Morgan fingerprint density at radius 1 is 0.692 bits per heavy atom. The summed E-state index contributed by atoms with van der Waals surface area (Å²) < 4.78 is 4.34. The highest BCUT2D eigenvalue weighted by Crippen LogP contribution is 2.48. The predicted molar refractivity (Wildman–Crippen MR) is 115 cm³/mol. The molecule has 0 heterocycles. The molecule has 0 spiro atoms. The summed E-state index contributed by atoms with van der Waals surface area (Å²) in [6.45, 7) is 4.16. The van der Waals surface area contributed by atoms with Crippen LogP contribution in [-0.4, -0.2) is 6.21 Å². The summed E-state index contributed by atoms with van der Waals surface area (Å²) in [6.07, 6.45) is 3.93. The fourth-order valence-electron chi connectivity index (χ4n) is 2.97. The normalized spacial score (nSPS) is 11.5. The second kappa shape index (κ2) is 8.68. The third-order valence-corrected chi connectivity index (χ3v) is 5.41. The Bertz CT molecular complexity index is 767. The fraction of sp³-hybridized carbons (Fsp3) is 0.125. The number of nitrogens with zero attached hydrogens (tertiary/aromatic N) is 1. The van der Waals surface area contributed by atoms with Gasteiger partial charge in [0.1, 0.15) is 4.75 Å². The van der Waals surface area contributed by atoms with Gasteiger partial charge in [-0.15, -0.1) is 0 Å². The van der Waals surface area contributed by atoms with Crippen LogP contribution in [0.5, 0.6) is 0 Å². The summed E-state index contributed by atoms with van der Waals surface area (Å²) in [6, 6.07) is 31.8. The number of rotatable bonds is 6. The van der Waals surface area contributed by atoms with Crippen LogP contribution >= 0.6 is 11.9 Å². The first kappa shape index (κ1) is 18.2. The highest BCUT2D eigenvalue weighted by Gasteiger charge is 2.37. The van der Waals surface area contributed by atoms with E-state index in [-0.39, 0.29) is 0 Å². The average Bonchev–Trinajstić information content (AvgIpc) is 2.70. The lowest BCUT2D eigenvalue weighted by Crippen LogP contribution is -2.24. The van der Waals surface area contributed by atoms with Gasteiger partial charge in [-0.05, 0) is 48.6 Å². The zero-order valence-electron chi connectivity index (χ0n) is 15.2. The van der Waals surface area contributed by atoms with Gasteiger partial charge in [-0.1, -0.05) is 96.6 Å². The monoisotopic (exact) mass is 357 g/mol. The molecule has 0 aliphatic carbocycles. The van der Waals surface area contributed by atoms with E-state index in [4.69, 9.17) is 4.40 Å². The maximum Gasteiger partial charge on any atom is 0.112 e. The molecule has 0 unspecified atom stereocenters. The molecule has 1 nitrogen and oxygen atoms in total. The van der Waals surface area contributed by atoms with Gasteiger partial charge in [-0.2, -0.15) is 0 Å². The van der Waals surface area contributed by atoms with Crippen molar-refractivity contribution in [1.82, 2.24) is 0 Å². The molecule has 130 valence electrons. The van der Waals surface area contributed by atoms with Gasteiger partial charge in [0.15, 0.2) is 0 Å². The molecule has 0 aliphatic heterocycles. The van der Waals surface area contributed by atoms with Crippen molar-refractivity contribution < 1.29 is 0 Å². The van der Waals surface area contributed by atoms with Crippen LogP contribution < -0.4 is 0 Å². The lowest BCUT2D eigenvalue weighted by atomic mass is 9.84. The third-order valence-electron chi connectivity index (χ3n) is 4.20. The largest absolute Gasteiger partial charge is 0.223 e. The number of benzene rings is 3. The minimum Gasteiger partial charge on any atom is -0.223 e. The van der Waals surface area contributed by atoms with E-state index in [1.807, 2.05) is 12.3 Å². The quantitative estimate of drug-likeness (QED) is 0.273. The van der Waals surface area contributed by atoms with E-state index < -0.39 is 4.75 Å². The molecule has 2 heteroatoms. The molecule has 0 fully saturated rings. The molecular formula is C24H23NS. The zero-order valence-corrected chi connectivity index (χ0v) is 16.0. The maximum atomic E-state index is 4.73. The van der Waals surface area contributed by atoms with Gasteiger partial charge in [0.05, 0.1) is 0 Å². The first-order chi connectivity index (χ1) is 12.7. The summed E-state index contributed by atoms with van der Waals surface area (Å²) in [5.74, 6) is 0. The summed E-state index contributed by atoms with van der Waals surface area (Å²) >= 11 is 1.60. The van der Waals surface area contributed by atoms with E-state index in [1.54, 1.807) is 11.9 Å². The number of hydrogen-bond donors (Lipinski definition) is 0. The number of hydrogen-bond acceptors (Lipinski definition) is 2. The van der Waals surface area contributed by atoms with Gasteiger partial charge in [0.25, 0.3) is 0 Å². The van der Waals surface area contributed by atoms with E-state index in [0.29, 0.717) is 0 Å². The van der Waals surface area contributed by atoms with E-state index in [1.165, 1.54) is 22.3 Å². The van der Waals surface area contributed by atoms with Crippen molar-refractivity contribution >= 4 is 18.2 Å². The van der Waals surface area contributed by atoms with Crippen LogP contribution in [0.2, 0.25) is 0 Å². The molecule has 0 atom stereocenters. The maximum absolute atomic E-state index is 4.73. The van der Waals surface area contributed by atoms with Crippen molar-refractivity contribution in [2.75, 3.05) is 0 Å². The third kappa shape index (κ3) is 3.97. The van der Waals surface area contributed by atoms with Gasteiger partial charge in [0.2, 0.25) is 0 Å². The summed E-state index contributed by atoms with van der Waals surface area (Å²) in [7, 11) is 0. The molecular weight excluding hydrogens is 334 g/mol. The molecule has 3 aromatic carbocycles. The van der Waals surface area contributed by atoms with Crippen LogP contribution in [0.1, 0.15) is 30.5 Å². The van der Waals surface area contributed by atoms with E-state index in [0.717, 1.165) is 0 Å². The second-order valence-electron chi connectivity index (χ2n) is 6.37. The minimum atomic E-state index is -0.393. The van der Waals surface area contributed by atoms with Crippen molar-refractivity contribution in [1.29, 1.82) is 0 Å². The standard InChI is InChI=1S/C24H23NS/c1-20(2)18-19-25-26-24(21-12-6-3-7-13-21,22-14-8-4-9-15-22)23-16-10-5-11-17-23/h3-19H,1-2H3/b25-19+. The first-order valence-corrected chi connectivity index (χ1v) is 9.52. The molecule has 26 heavy (non-hydrogen) atoms. The van der Waals surface area contributed by atoms with Crippen LogP contribution in [0.3, 0.4) is 0 Å². The molecule has 0 radical (unpaired) electrons. The van der Waals surface area contributed by atoms with Crippen molar-refractivity contribution in [2.45, 2.75) is 18.6 Å². The van der Waals surface area contributed by atoms with E-state index in [2.05, 4.69) is 105 Å². The second-order valence-corrected chi connectivity index (χ2v) is 7.37. The highest BCUT2D eigenvalue weighted by atomic mass is 32.2. The Balaban J connectivity index is 2.21. The first-order valence-electron chi connectivity index (χ1n) is 8.75. The smallest absolute Gasteiger partial charge is 0.112 e. The Morgan fingerprint density at radius 3 is 1.42 bits per heavy atom. The summed E-state index contributed by atoms with van der Waals surface area (Å²) in [5, 5.41) is 0. The van der Waals surface area contributed by atoms with Crippen LogP contribution in [0, 0.1) is 0 Å². The molecule has 3 rings (SSSR count). The molecule has 0 amide bonds. The van der Waals surface area contributed by atoms with Gasteiger partial charge in [-0.3, -0.25) is 0 Å². The zero-order chi connectivity index (χ0) is 18.2. The molecule has 0 saturated heterocycles.